The molecule has 1 amide bonds. The molecule has 1 aromatic heterocycles. The Morgan fingerprint density at radius 2 is 2.18 bits per heavy atom. The summed E-state index contributed by atoms with van der Waals surface area (Å²) >= 11 is 11.5. The molecule has 1 aromatic rings. The largest absolute Gasteiger partial charge is 0.336 e. The number of aromatic nitrogens is 1. The van der Waals surface area contributed by atoms with Gasteiger partial charge in [-0.15, -0.1) is 0 Å². The van der Waals surface area contributed by atoms with E-state index < -0.39 is 11.9 Å². The predicted octanol–water partition coefficient (Wildman–Crippen LogP) is 2.67. The highest BCUT2D eigenvalue weighted by molar-refractivity contribution is 6.35. The lowest BCUT2D eigenvalue weighted by molar-refractivity contribution is 0.0937. The number of nitrogens with one attached hydrogen (secondary N) is 1. The zero-order chi connectivity index (χ0) is 13.0. The van der Waals surface area contributed by atoms with Crippen molar-refractivity contribution in [3.8, 4) is 6.07 Å². The van der Waals surface area contributed by atoms with Gasteiger partial charge in [-0.1, -0.05) is 37.0 Å². The van der Waals surface area contributed by atoms with E-state index in [4.69, 9.17) is 28.5 Å². The fraction of sp³-hybridized carbons (Fsp3) is 0.364. The number of nitrogens with zero attached hydrogens (tertiary/aromatic N) is 2. The maximum Gasteiger partial charge on any atom is 0.254 e. The maximum absolute atomic E-state index is 11.9. The van der Waals surface area contributed by atoms with Gasteiger partial charge in [0.15, 0.2) is 0 Å². The van der Waals surface area contributed by atoms with Crippen LogP contribution in [0.3, 0.4) is 0 Å². The second-order valence-corrected chi connectivity index (χ2v) is 4.61. The highest BCUT2D eigenvalue weighted by Crippen LogP contribution is 2.18. The zero-order valence-electron chi connectivity index (χ0n) is 9.37. The molecule has 1 N–H and O–H groups in total. The molecule has 0 spiro atoms. The van der Waals surface area contributed by atoms with Crippen molar-refractivity contribution in [2.45, 2.75) is 19.9 Å². The van der Waals surface area contributed by atoms with Gasteiger partial charge in [0, 0.05) is 6.20 Å². The summed E-state index contributed by atoms with van der Waals surface area (Å²) in [5.74, 6) is -0.417. The minimum Gasteiger partial charge on any atom is -0.336 e. The number of nitriles is 1. The number of carbonyl (C=O) groups is 1. The predicted molar refractivity (Wildman–Crippen MR) is 66.0 cm³/mol. The molecule has 1 rings (SSSR count). The average molecular weight is 272 g/mol. The van der Waals surface area contributed by atoms with Gasteiger partial charge in [-0.25, -0.2) is 4.98 Å². The summed E-state index contributed by atoms with van der Waals surface area (Å²) in [6, 6.07) is 2.82. The van der Waals surface area contributed by atoms with Crippen molar-refractivity contribution in [3.63, 3.8) is 0 Å². The SMILES string of the molecule is CC(C)C(C#N)NC(=O)c1cc(Cl)ncc1Cl. The highest BCUT2D eigenvalue weighted by atomic mass is 35.5. The van der Waals surface area contributed by atoms with Gasteiger partial charge in [-0.3, -0.25) is 4.79 Å². The molecule has 0 aliphatic heterocycles. The smallest absolute Gasteiger partial charge is 0.254 e. The van der Waals surface area contributed by atoms with E-state index in [1.54, 1.807) is 0 Å². The van der Waals surface area contributed by atoms with Gasteiger partial charge >= 0.3 is 0 Å². The molecular weight excluding hydrogens is 261 g/mol. The molecule has 1 unspecified atom stereocenters. The quantitative estimate of drug-likeness (QED) is 0.860. The summed E-state index contributed by atoms with van der Waals surface area (Å²) in [6.07, 6.45) is 1.30. The Morgan fingerprint density at radius 1 is 1.53 bits per heavy atom. The fourth-order valence-electron chi connectivity index (χ4n) is 1.15. The molecular formula is C11H11Cl2N3O. The van der Waals surface area contributed by atoms with Crippen LogP contribution < -0.4 is 5.32 Å². The molecule has 1 heterocycles. The first-order chi connectivity index (χ1) is 7.95. The normalized spacial score (nSPS) is 12.0. The van der Waals surface area contributed by atoms with Crippen LogP contribution in [0.1, 0.15) is 24.2 Å². The molecule has 4 nitrogen and oxygen atoms in total. The third kappa shape index (κ3) is 3.58. The van der Waals surface area contributed by atoms with Crippen LogP contribution >= 0.6 is 23.2 Å². The summed E-state index contributed by atoms with van der Waals surface area (Å²) < 4.78 is 0. The van der Waals surface area contributed by atoms with Crippen LogP contribution in [0.5, 0.6) is 0 Å². The zero-order valence-corrected chi connectivity index (χ0v) is 10.9. The van der Waals surface area contributed by atoms with Crippen molar-refractivity contribution < 1.29 is 4.79 Å². The van der Waals surface area contributed by atoms with Gasteiger partial charge in [0.2, 0.25) is 0 Å². The van der Waals surface area contributed by atoms with Crippen LogP contribution in [0.25, 0.3) is 0 Å². The Morgan fingerprint density at radius 3 is 2.71 bits per heavy atom. The number of pyridine rings is 1. The Labute approximate surface area is 110 Å². The van der Waals surface area contributed by atoms with E-state index >= 15 is 0 Å². The van der Waals surface area contributed by atoms with Crippen LogP contribution in [0.4, 0.5) is 0 Å². The Hall–Kier alpha value is -1.31. The van der Waals surface area contributed by atoms with Crippen molar-refractivity contribution in [2.24, 2.45) is 5.92 Å². The number of hydrogen-bond acceptors (Lipinski definition) is 3. The molecule has 6 heteroatoms. The third-order valence-corrected chi connectivity index (χ3v) is 2.67. The van der Waals surface area contributed by atoms with Crippen molar-refractivity contribution in [1.82, 2.24) is 10.3 Å². The first-order valence-corrected chi connectivity index (χ1v) is 5.72. The Kier molecular flexibility index (Phi) is 4.73. The molecule has 1 atom stereocenters. The van der Waals surface area contributed by atoms with Crippen LogP contribution in [0, 0.1) is 17.2 Å². The molecule has 0 aromatic carbocycles. The van der Waals surface area contributed by atoms with Crippen LogP contribution in [0.2, 0.25) is 10.2 Å². The first-order valence-electron chi connectivity index (χ1n) is 4.97. The van der Waals surface area contributed by atoms with Crippen LogP contribution in [-0.4, -0.2) is 16.9 Å². The number of carbonyl (C=O) groups excluding carboxylic acids is 1. The van der Waals surface area contributed by atoms with E-state index in [1.165, 1.54) is 12.3 Å². The maximum atomic E-state index is 11.9. The van der Waals surface area contributed by atoms with Crippen LogP contribution in [-0.2, 0) is 0 Å². The van der Waals surface area contributed by atoms with E-state index in [1.807, 2.05) is 19.9 Å². The summed E-state index contributed by atoms with van der Waals surface area (Å²) in [5, 5.41) is 11.8. The minimum absolute atomic E-state index is 0.0139. The molecule has 0 aliphatic rings. The lowest BCUT2D eigenvalue weighted by Crippen LogP contribution is -2.37. The van der Waals surface area contributed by atoms with E-state index in [2.05, 4.69) is 10.3 Å². The van der Waals surface area contributed by atoms with E-state index in [0.717, 1.165) is 0 Å². The second-order valence-electron chi connectivity index (χ2n) is 3.81. The summed E-state index contributed by atoms with van der Waals surface area (Å²) in [5.41, 5.74) is 0.215. The first kappa shape index (κ1) is 13.8. The fourth-order valence-corrected chi connectivity index (χ4v) is 1.50. The summed E-state index contributed by atoms with van der Waals surface area (Å²) in [6.45, 7) is 3.69. The standard InChI is InChI=1S/C11H11Cl2N3O/c1-6(2)9(4-14)16-11(17)7-3-10(13)15-5-8(7)12/h3,5-6,9H,1-2H3,(H,16,17). The van der Waals surface area contributed by atoms with Crippen molar-refractivity contribution >= 4 is 29.1 Å². The van der Waals surface area contributed by atoms with Gasteiger partial charge in [-0.2, -0.15) is 5.26 Å². The van der Waals surface area contributed by atoms with Gasteiger partial charge < -0.3 is 5.32 Å². The molecule has 0 fully saturated rings. The van der Waals surface area contributed by atoms with Gasteiger partial charge in [0.05, 0.1) is 16.7 Å². The van der Waals surface area contributed by atoms with E-state index in [9.17, 15) is 4.79 Å². The highest BCUT2D eigenvalue weighted by Gasteiger charge is 2.18. The molecule has 0 saturated heterocycles. The summed E-state index contributed by atoms with van der Waals surface area (Å²) in [7, 11) is 0. The topological polar surface area (TPSA) is 65.8 Å². The lowest BCUT2D eigenvalue weighted by Gasteiger charge is -2.15. The van der Waals surface area contributed by atoms with Crippen molar-refractivity contribution in [1.29, 1.82) is 5.26 Å². The van der Waals surface area contributed by atoms with Gasteiger partial charge in [0.1, 0.15) is 11.2 Å². The molecule has 0 bridgehead atoms. The summed E-state index contributed by atoms with van der Waals surface area (Å²) in [4.78, 5) is 15.6. The van der Waals surface area contributed by atoms with Crippen molar-refractivity contribution in [2.75, 3.05) is 0 Å². The Balaban J connectivity index is 2.90. The average Bonchev–Trinajstić information content (AvgIpc) is 2.28. The number of rotatable bonds is 3. The monoisotopic (exact) mass is 271 g/mol. The second kappa shape index (κ2) is 5.85. The molecule has 0 saturated carbocycles. The third-order valence-electron chi connectivity index (χ3n) is 2.16. The van der Waals surface area contributed by atoms with Gasteiger partial charge in [0.25, 0.3) is 5.91 Å². The number of halogens is 2. The van der Waals surface area contributed by atoms with E-state index in [0.29, 0.717) is 0 Å². The number of amides is 1. The Bertz CT molecular complexity index is 468. The van der Waals surface area contributed by atoms with E-state index in [-0.39, 0.29) is 21.7 Å². The number of hydrogen-bond donors (Lipinski definition) is 1. The van der Waals surface area contributed by atoms with Crippen LogP contribution in [0.15, 0.2) is 12.3 Å². The lowest BCUT2D eigenvalue weighted by atomic mass is 10.1. The molecule has 17 heavy (non-hydrogen) atoms. The van der Waals surface area contributed by atoms with Crippen molar-refractivity contribution in [3.05, 3.63) is 28.0 Å². The minimum atomic E-state index is -0.564. The van der Waals surface area contributed by atoms with Gasteiger partial charge in [-0.05, 0) is 12.0 Å². The molecule has 0 aliphatic carbocycles. The molecule has 90 valence electrons. The molecule has 0 radical (unpaired) electrons.